The van der Waals surface area contributed by atoms with E-state index in [0.29, 0.717) is 30.9 Å². The second-order valence-electron chi connectivity index (χ2n) is 14.3. The Kier molecular flexibility index (Phi) is 17.4. The molecule has 0 aliphatic carbocycles. The highest BCUT2D eigenvalue weighted by atomic mass is 32.2. The van der Waals surface area contributed by atoms with Gasteiger partial charge in [0.1, 0.15) is 17.8 Å². The van der Waals surface area contributed by atoms with Gasteiger partial charge in [0.25, 0.3) is 0 Å². The summed E-state index contributed by atoms with van der Waals surface area (Å²) in [4.78, 5) is 53.5. The number of carbonyl (C=O) groups is 4. The Morgan fingerprint density at radius 3 is 2.14 bits per heavy atom. The second kappa shape index (κ2) is 20.4. The largest absolute Gasteiger partial charge is 0.467 e. The smallest absolute Gasteiger partial charge is 0.243 e. The lowest BCUT2D eigenvalue weighted by Crippen LogP contribution is -2.55. The average Bonchev–Trinajstić information content (AvgIpc) is 3.66. The summed E-state index contributed by atoms with van der Waals surface area (Å²) in [5, 5.41) is 27.6. The van der Waals surface area contributed by atoms with Crippen LogP contribution in [0.3, 0.4) is 0 Å². The van der Waals surface area contributed by atoms with E-state index in [0.717, 1.165) is 11.4 Å². The highest BCUT2D eigenvalue weighted by molar-refractivity contribution is 7.98. The van der Waals surface area contributed by atoms with E-state index in [1.165, 1.54) is 6.26 Å². The molecule has 0 aliphatic heterocycles. The molecule has 0 spiro atoms. The van der Waals surface area contributed by atoms with E-state index >= 15 is 0 Å². The molecule has 12 nitrogen and oxygen atoms in total. The molecule has 2 rings (SSSR count). The maximum Gasteiger partial charge on any atom is 0.243 e. The number of aliphatic hydroxyl groups excluding tert-OH is 1. The number of aryl methyl sites for hydroxylation is 2. The molecule has 0 radical (unpaired) electrons. The number of aromatic nitrogens is 2. The van der Waals surface area contributed by atoms with Crippen LogP contribution in [-0.4, -0.2) is 74.8 Å². The van der Waals surface area contributed by atoms with Gasteiger partial charge in [-0.15, -0.1) is 0 Å². The third-order valence-corrected chi connectivity index (χ3v) is 9.33. The summed E-state index contributed by atoms with van der Waals surface area (Å²) in [6.07, 6.45) is 3.40. The van der Waals surface area contributed by atoms with Crippen LogP contribution in [0.4, 0.5) is 0 Å². The summed E-state index contributed by atoms with van der Waals surface area (Å²) >= 11 is 1.58. The normalized spacial score (nSPS) is 15.4. The molecule has 0 bridgehead atoms. The predicted octanol–water partition coefficient (Wildman–Crippen LogP) is 3.98. The van der Waals surface area contributed by atoms with Crippen LogP contribution in [0.2, 0.25) is 0 Å². The summed E-state index contributed by atoms with van der Waals surface area (Å²) in [6.45, 7) is 17.8. The molecule has 0 saturated heterocycles. The lowest BCUT2D eigenvalue weighted by atomic mass is 9.91. The summed E-state index contributed by atoms with van der Waals surface area (Å²) < 4.78 is 7.11. The van der Waals surface area contributed by atoms with E-state index in [2.05, 4.69) is 26.4 Å². The maximum atomic E-state index is 13.8. The quantitative estimate of drug-likeness (QED) is 0.130. The minimum Gasteiger partial charge on any atom is -0.467 e. The van der Waals surface area contributed by atoms with Gasteiger partial charge in [-0.25, -0.2) is 0 Å². The highest BCUT2D eigenvalue weighted by Gasteiger charge is 2.33. The lowest BCUT2D eigenvalue weighted by molar-refractivity contribution is -0.133. The molecule has 4 amide bonds. The highest BCUT2D eigenvalue weighted by Crippen LogP contribution is 2.19. The number of furan rings is 1. The molecular weight excluding hydrogens is 644 g/mol. The number of nitrogens with zero attached hydrogens (tertiary/aromatic N) is 2. The van der Waals surface area contributed by atoms with Crippen LogP contribution < -0.4 is 21.3 Å². The summed E-state index contributed by atoms with van der Waals surface area (Å²) in [5.41, 5.74) is 1.85. The zero-order valence-electron chi connectivity index (χ0n) is 31.0. The topological polar surface area (TPSA) is 168 Å². The zero-order valence-corrected chi connectivity index (χ0v) is 31.9. The van der Waals surface area contributed by atoms with Crippen LogP contribution in [0, 0.1) is 43.4 Å². The van der Waals surface area contributed by atoms with Crippen LogP contribution in [-0.2, 0) is 32.3 Å². The lowest BCUT2D eigenvalue weighted by Gasteiger charge is -2.30. The molecule has 49 heavy (non-hydrogen) atoms. The van der Waals surface area contributed by atoms with Gasteiger partial charge in [-0.3, -0.25) is 23.9 Å². The van der Waals surface area contributed by atoms with Gasteiger partial charge in [0.2, 0.25) is 23.6 Å². The van der Waals surface area contributed by atoms with Gasteiger partial charge in [0.15, 0.2) is 0 Å². The molecule has 6 atom stereocenters. The third kappa shape index (κ3) is 13.8. The standard InChI is InChI=1S/C36H60N6O6S/c1-21(2)16-30(31(43)17-24(7)33(44)40-32(23(5)6)36(47)37-19-27-12-11-14-48-27)39-35(46)29(13-15-49-10)38-34(45)28(22(3)4)20-42-26(9)18-25(8)41-42/h11-12,14,18,21-24,28-32,43H,13,15-17,19-20H2,1-10H3,(H,37,47)(H,38,45)(H,39,46)(H,40,44)/t24-,28+,29+,30+,31+,32+/m1/s1. The van der Waals surface area contributed by atoms with Crippen molar-refractivity contribution in [2.45, 2.75) is 119 Å². The molecule has 0 aliphatic rings. The van der Waals surface area contributed by atoms with E-state index < -0.39 is 36.1 Å². The van der Waals surface area contributed by atoms with Crippen molar-refractivity contribution in [3.63, 3.8) is 0 Å². The van der Waals surface area contributed by atoms with E-state index in [1.54, 1.807) is 30.8 Å². The minimum atomic E-state index is -1.04. The van der Waals surface area contributed by atoms with Gasteiger partial charge in [-0.05, 0) is 81.1 Å². The van der Waals surface area contributed by atoms with Gasteiger partial charge in [0, 0.05) is 11.6 Å². The number of carbonyl (C=O) groups excluding carboxylic acids is 4. The number of rotatable bonds is 21. The first kappa shape index (κ1) is 41.8. The van der Waals surface area contributed by atoms with Crippen molar-refractivity contribution in [2.75, 3.05) is 12.0 Å². The molecule has 0 fully saturated rings. The van der Waals surface area contributed by atoms with Crippen molar-refractivity contribution in [2.24, 2.45) is 29.6 Å². The second-order valence-corrected chi connectivity index (χ2v) is 15.3. The van der Waals surface area contributed by atoms with Gasteiger partial charge in [-0.2, -0.15) is 16.9 Å². The number of amides is 4. The van der Waals surface area contributed by atoms with Crippen LogP contribution in [0.15, 0.2) is 28.9 Å². The minimum absolute atomic E-state index is 0.00805. The monoisotopic (exact) mass is 704 g/mol. The van der Waals surface area contributed by atoms with Crippen molar-refractivity contribution in [3.8, 4) is 0 Å². The molecular formula is C36H60N6O6S. The first-order valence-corrected chi connectivity index (χ1v) is 18.8. The fraction of sp³-hybridized carbons (Fsp3) is 0.694. The van der Waals surface area contributed by atoms with Crippen molar-refractivity contribution in [1.82, 2.24) is 31.0 Å². The fourth-order valence-electron chi connectivity index (χ4n) is 5.69. The predicted molar refractivity (Wildman–Crippen MR) is 193 cm³/mol. The van der Waals surface area contributed by atoms with Gasteiger partial charge in [0.05, 0.1) is 43.1 Å². The van der Waals surface area contributed by atoms with Crippen molar-refractivity contribution in [3.05, 3.63) is 41.6 Å². The van der Waals surface area contributed by atoms with Crippen molar-refractivity contribution < 1.29 is 28.7 Å². The van der Waals surface area contributed by atoms with Crippen molar-refractivity contribution >= 4 is 35.4 Å². The first-order chi connectivity index (χ1) is 23.0. The fourth-order valence-corrected chi connectivity index (χ4v) is 6.16. The van der Waals surface area contributed by atoms with Crippen LogP contribution >= 0.6 is 11.8 Å². The molecule has 2 aromatic heterocycles. The number of hydrogen-bond acceptors (Lipinski definition) is 8. The number of nitrogens with one attached hydrogen (secondary N) is 4. The van der Waals surface area contributed by atoms with E-state index in [-0.39, 0.29) is 54.3 Å². The van der Waals surface area contributed by atoms with Crippen LogP contribution in [0.25, 0.3) is 0 Å². The summed E-state index contributed by atoms with van der Waals surface area (Å²) in [6, 6.07) is 3.24. The SMILES string of the molecule is CSCC[C@H](NC(=O)[C@@H](Cn1nc(C)cc1C)C(C)C)C(=O)N[C@@H](CC(C)C)[C@@H](O)C[C@@H](C)C(=O)N[C@H](C(=O)NCc1ccco1)C(C)C. The maximum absolute atomic E-state index is 13.8. The average molecular weight is 705 g/mol. The Bertz CT molecular complexity index is 1330. The molecule has 276 valence electrons. The molecule has 0 saturated carbocycles. The molecule has 2 aromatic rings. The van der Waals surface area contributed by atoms with E-state index in [1.807, 2.05) is 72.4 Å². The van der Waals surface area contributed by atoms with Gasteiger partial charge < -0.3 is 30.8 Å². The Morgan fingerprint density at radius 2 is 1.61 bits per heavy atom. The van der Waals surface area contributed by atoms with Gasteiger partial charge >= 0.3 is 0 Å². The van der Waals surface area contributed by atoms with Gasteiger partial charge in [-0.1, -0.05) is 48.5 Å². The molecule has 13 heteroatoms. The first-order valence-electron chi connectivity index (χ1n) is 17.4. The Balaban J connectivity index is 2.11. The van der Waals surface area contributed by atoms with Crippen molar-refractivity contribution in [1.29, 1.82) is 0 Å². The Labute approximate surface area is 296 Å². The number of hydrogen-bond donors (Lipinski definition) is 5. The molecule has 2 heterocycles. The molecule has 0 aromatic carbocycles. The van der Waals surface area contributed by atoms with Crippen LogP contribution in [0.5, 0.6) is 0 Å². The molecule has 0 unspecified atom stereocenters. The Hall–Kier alpha value is -3.32. The molecule has 5 N–H and O–H groups in total. The third-order valence-electron chi connectivity index (χ3n) is 8.68. The summed E-state index contributed by atoms with van der Waals surface area (Å²) in [5.74, 6) is -1.11. The van der Waals surface area contributed by atoms with Crippen LogP contribution in [0.1, 0.15) is 84.9 Å². The van der Waals surface area contributed by atoms with E-state index in [9.17, 15) is 24.3 Å². The number of aliphatic hydroxyl groups is 1. The Morgan fingerprint density at radius 1 is 0.918 bits per heavy atom. The number of thioether (sulfide) groups is 1. The van der Waals surface area contributed by atoms with E-state index in [4.69, 9.17) is 4.42 Å². The summed E-state index contributed by atoms with van der Waals surface area (Å²) in [7, 11) is 0. The zero-order chi connectivity index (χ0) is 36.8.